The molecule has 0 unspecified atom stereocenters. The number of hydrogen-bond donors (Lipinski definition) is 2. The van der Waals surface area contributed by atoms with E-state index in [1.54, 1.807) is 7.11 Å². The quantitative estimate of drug-likeness (QED) is 0.893. The van der Waals surface area contributed by atoms with Gasteiger partial charge in [0.2, 0.25) is 5.91 Å². The van der Waals surface area contributed by atoms with Crippen LogP contribution in [0, 0.1) is 5.41 Å². The van der Waals surface area contributed by atoms with Gasteiger partial charge in [-0.15, -0.1) is 0 Å². The molecule has 1 aliphatic rings. The number of carbonyl (C=O) groups excluding carboxylic acids is 1. The number of halogens is 1. The van der Waals surface area contributed by atoms with Gasteiger partial charge in [0, 0.05) is 17.3 Å². The predicted octanol–water partition coefficient (Wildman–Crippen LogP) is 2.40. The minimum atomic E-state index is -0.414. The number of anilines is 1. The molecule has 0 spiro atoms. The Hall–Kier alpha value is -0.910. The second kappa shape index (κ2) is 6.50. The Kier molecular flexibility index (Phi) is 4.96. The molecule has 2 N–H and O–H groups in total. The standard InChI is InChI=1S/C14H19BrN2O2/c1-19-10-14(5-7-16-8-6-14)13(18)17-12-4-2-3-11(15)9-12/h2-4,9,16H,5-8,10H2,1H3,(H,17,18). The van der Waals surface area contributed by atoms with Crippen LogP contribution in [0.4, 0.5) is 5.69 Å². The van der Waals surface area contributed by atoms with Gasteiger partial charge in [-0.1, -0.05) is 22.0 Å². The van der Waals surface area contributed by atoms with E-state index >= 15 is 0 Å². The summed E-state index contributed by atoms with van der Waals surface area (Å²) in [4.78, 5) is 12.6. The second-order valence-corrected chi connectivity index (χ2v) is 5.84. The Morgan fingerprint density at radius 1 is 1.47 bits per heavy atom. The molecular formula is C14H19BrN2O2. The molecule has 1 amide bonds. The highest BCUT2D eigenvalue weighted by Gasteiger charge is 2.39. The summed E-state index contributed by atoms with van der Waals surface area (Å²) < 4.78 is 6.22. The van der Waals surface area contributed by atoms with Gasteiger partial charge < -0.3 is 15.4 Å². The van der Waals surface area contributed by atoms with Gasteiger partial charge in [0.1, 0.15) is 0 Å². The van der Waals surface area contributed by atoms with Crippen molar-refractivity contribution in [2.24, 2.45) is 5.41 Å². The maximum absolute atomic E-state index is 12.6. The lowest BCUT2D eigenvalue weighted by molar-refractivity contribution is -0.130. The van der Waals surface area contributed by atoms with Gasteiger partial charge in [-0.05, 0) is 44.1 Å². The van der Waals surface area contributed by atoms with Crippen LogP contribution in [0.15, 0.2) is 28.7 Å². The van der Waals surface area contributed by atoms with E-state index in [4.69, 9.17) is 4.74 Å². The molecule has 1 heterocycles. The highest BCUT2D eigenvalue weighted by atomic mass is 79.9. The van der Waals surface area contributed by atoms with Crippen molar-refractivity contribution in [3.05, 3.63) is 28.7 Å². The third kappa shape index (κ3) is 3.55. The summed E-state index contributed by atoms with van der Waals surface area (Å²) in [6.45, 7) is 2.18. The summed E-state index contributed by atoms with van der Waals surface area (Å²) in [5.74, 6) is 0.0500. The second-order valence-electron chi connectivity index (χ2n) is 4.93. The normalized spacial score (nSPS) is 18.0. The largest absolute Gasteiger partial charge is 0.384 e. The molecule has 2 rings (SSSR count). The van der Waals surface area contributed by atoms with Gasteiger partial charge in [-0.3, -0.25) is 4.79 Å². The number of piperidine rings is 1. The molecule has 104 valence electrons. The highest BCUT2D eigenvalue weighted by molar-refractivity contribution is 9.10. The summed E-state index contributed by atoms with van der Waals surface area (Å²) in [7, 11) is 1.65. The zero-order chi connectivity index (χ0) is 13.7. The van der Waals surface area contributed by atoms with Crippen molar-refractivity contribution in [3.63, 3.8) is 0 Å². The van der Waals surface area contributed by atoms with Crippen molar-refractivity contribution in [1.82, 2.24) is 5.32 Å². The van der Waals surface area contributed by atoms with Crippen molar-refractivity contribution in [1.29, 1.82) is 0 Å². The lowest BCUT2D eigenvalue weighted by Crippen LogP contribution is -2.47. The van der Waals surface area contributed by atoms with E-state index < -0.39 is 5.41 Å². The number of nitrogens with one attached hydrogen (secondary N) is 2. The maximum atomic E-state index is 12.6. The molecule has 1 fully saturated rings. The van der Waals surface area contributed by atoms with Crippen LogP contribution in [0.5, 0.6) is 0 Å². The van der Waals surface area contributed by atoms with Crippen LogP contribution in [0.25, 0.3) is 0 Å². The Balaban J connectivity index is 2.11. The van der Waals surface area contributed by atoms with Crippen LogP contribution in [0.2, 0.25) is 0 Å². The molecule has 1 aromatic rings. The topological polar surface area (TPSA) is 50.4 Å². The van der Waals surface area contributed by atoms with E-state index in [9.17, 15) is 4.79 Å². The van der Waals surface area contributed by atoms with Crippen molar-refractivity contribution in [2.75, 3.05) is 32.1 Å². The number of amides is 1. The fraction of sp³-hybridized carbons (Fsp3) is 0.500. The highest BCUT2D eigenvalue weighted by Crippen LogP contribution is 2.31. The number of benzene rings is 1. The molecule has 0 bridgehead atoms. The van der Waals surface area contributed by atoms with Gasteiger partial charge in [-0.2, -0.15) is 0 Å². The lowest BCUT2D eigenvalue weighted by atomic mass is 9.78. The summed E-state index contributed by atoms with van der Waals surface area (Å²) in [6.07, 6.45) is 1.61. The zero-order valence-electron chi connectivity index (χ0n) is 11.0. The lowest BCUT2D eigenvalue weighted by Gasteiger charge is -2.35. The number of carbonyl (C=O) groups is 1. The smallest absolute Gasteiger partial charge is 0.233 e. The molecule has 0 radical (unpaired) electrons. The molecule has 1 aromatic carbocycles. The zero-order valence-corrected chi connectivity index (χ0v) is 12.6. The van der Waals surface area contributed by atoms with Crippen molar-refractivity contribution in [3.8, 4) is 0 Å². The van der Waals surface area contributed by atoms with Gasteiger partial charge in [0.25, 0.3) is 0 Å². The van der Waals surface area contributed by atoms with E-state index in [-0.39, 0.29) is 5.91 Å². The SMILES string of the molecule is COCC1(C(=O)Nc2cccc(Br)c2)CCNCC1. The fourth-order valence-corrected chi connectivity index (χ4v) is 2.85. The van der Waals surface area contributed by atoms with Crippen LogP contribution in [0.3, 0.4) is 0 Å². The molecule has 0 aromatic heterocycles. The van der Waals surface area contributed by atoms with Crippen LogP contribution < -0.4 is 10.6 Å². The first-order valence-electron chi connectivity index (χ1n) is 6.43. The molecule has 1 saturated heterocycles. The molecule has 0 atom stereocenters. The Morgan fingerprint density at radius 2 is 2.21 bits per heavy atom. The summed E-state index contributed by atoms with van der Waals surface area (Å²) >= 11 is 3.41. The van der Waals surface area contributed by atoms with E-state index in [2.05, 4.69) is 26.6 Å². The number of hydrogen-bond acceptors (Lipinski definition) is 3. The molecule has 1 aliphatic heterocycles. The van der Waals surface area contributed by atoms with Crippen molar-refractivity contribution in [2.45, 2.75) is 12.8 Å². The average Bonchev–Trinajstić information content (AvgIpc) is 2.40. The van der Waals surface area contributed by atoms with E-state index in [1.807, 2.05) is 24.3 Å². The summed E-state index contributed by atoms with van der Waals surface area (Å²) in [5, 5.41) is 6.28. The monoisotopic (exact) mass is 326 g/mol. The predicted molar refractivity (Wildman–Crippen MR) is 79.2 cm³/mol. The number of rotatable bonds is 4. The minimum absolute atomic E-state index is 0.0500. The van der Waals surface area contributed by atoms with Crippen LogP contribution in [-0.4, -0.2) is 32.7 Å². The van der Waals surface area contributed by atoms with Gasteiger partial charge in [-0.25, -0.2) is 0 Å². The van der Waals surface area contributed by atoms with Crippen LogP contribution in [-0.2, 0) is 9.53 Å². The minimum Gasteiger partial charge on any atom is -0.384 e. The van der Waals surface area contributed by atoms with Gasteiger partial charge >= 0.3 is 0 Å². The van der Waals surface area contributed by atoms with E-state index in [0.717, 1.165) is 36.1 Å². The first kappa shape index (κ1) is 14.5. The fourth-order valence-electron chi connectivity index (χ4n) is 2.45. The Labute approximate surface area is 122 Å². The van der Waals surface area contributed by atoms with E-state index in [0.29, 0.717) is 6.61 Å². The molecular weight excluding hydrogens is 308 g/mol. The first-order valence-corrected chi connectivity index (χ1v) is 7.22. The van der Waals surface area contributed by atoms with Crippen molar-refractivity contribution >= 4 is 27.5 Å². The Bertz CT molecular complexity index is 439. The molecule has 4 nitrogen and oxygen atoms in total. The molecule has 5 heteroatoms. The average molecular weight is 327 g/mol. The van der Waals surface area contributed by atoms with Gasteiger partial charge in [0.15, 0.2) is 0 Å². The first-order chi connectivity index (χ1) is 9.16. The van der Waals surface area contributed by atoms with Gasteiger partial charge in [0.05, 0.1) is 12.0 Å². The molecule has 0 aliphatic carbocycles. The Morgan fingerprint density at radius 3 is 2.84 bits per heavy atom. The third-order valence-electron chi connectivity index (χ3n) is 3.55. The third-order valence-corrected chi connectivity index (χ3v) is 4.04. The van der Waals surface area contributed by atoms with Crippen molar-refractivity contribution < 1.29 is 9.53 Å². The number of methoxy groups -OCH3 is 1. The van der Waals surface area contributed by atoms with E-state index in [1.165, 1.54) is 0 Å². The maximum Gasteiger partial charge on any atom is 0.233 e. The molecule has 19 heavy (non-hydrogen) atoms. The van der Waals surface area contributed by atoms with Crippen LogP contribution in [0.1, 0.15) is 12.8 Å². The summed E-state index contributed by atoms with van der Waals surface area (Å²) in [6, 6.07) is 7.64. The van der Waals surface area contributed by atoms with Crippen LogP contribution >= 0.6 is 15.9 Å². The molecule has 0 saturated carbocycles. The summed E-state index contributed by atoms with van der Waals surface area (Å²) in [5.41, 5.74) is 0.399. The number of ether oxygens (including phenoxy) is 1.